The lowest BCUT2D eigenvalue weighted by atomic mass is 9.98. The van der Waals surface area contributed by atoms with Gasteiger partial charge >= 0.3 is 0 Å². The van der Waals surface area contributed by atoms with Crippen LogP contribution in [0.2, 0.25) is 0 Å². The van der Waals surface area contributed by atoms with Crippen LogP contribution in [0.15, 0.2) is 48.5 Å². The molecule has 1 aromatic heterocycles. The SMILES string of the molecule is Cc1cccc(CO[C@H]2CO[C@@]3(CCN(CCc4ccccc4)C3)C2)n1. The van der Waals surface area contributed by atoms with Gasteiger partial charge in [0.15, 0.2) is 0 Å². The standard InChI is InChI=1S/C22H28N2O2/c1-18-6-5-9-20(23-18)15-25-21-14-22(26-16-21)11-13-24(17-22)12-10-19-7-3-2-4-8-19/h2-9,21H,10-17H2,1H3/t21-,22+/m1/s1. The normalized spacial score (nSPS) is 26.0. The van der Waals surface area contributed by atoms with Gasteiger partial charge < -0.3 is 14.4 Å². The van der Waals surface area contributed by atoms with Crippen molar-refractivity contribution in [3.8, 4) is 0 Å². The van der Waals surface area contributed by atoms with Crippen molar-refractivity contribution < 1.29 is 9.47 Å². The van der Waals surface area contributed by atoms with Gasteiger partial charge in [0.2, 0.25) is 0 Å². The lowest BCUT2D eigenvalue weighted by molar-refractivity contribution is -0.000402. The highest BCUT2D eigenvalue weighted by molar-refractivity contribution is 5.15. The predicted octanol–water partition coefficient (Wildman–Crippen LogP) is 3.38. The van der Waals surface area contributed by atoms with E-state index in [-0.39, 0.29) is 11.7 Å². The summed E-state index contributed by atoms with van der Waals surface area (Å²) in [7, 11) is 0. The molecule has 2 atom stereocenters. The zero-order valence-corrected chi connectivity index (χ0v) is 15.6. The summed E-state index contributed by atoms with van der Waals surface area (Å²) in [5.74, 6) is 0. The Morgan fingerprint density at radius 2 is 2.08 bits per heavy atom. The molecule has 4 heteroatoms. The second kappa shape index (κ2) is 7.87. The zero-order chi connectivity index (χ0) is 17.8. The lowest BCUT2D eigenvalue weighted by Gasteiger charge is -2.23. The minimum Gasteiger partial charge on any atom is -0.371 e. The molecule has 2 saturated heterocycles. The van der Waals surface area contributed by atoms with Crippen LogP contribution in [-0.2, 0) is 22.5 Å². The molecule has 0 unspecified atom stereocenters. The number of likely N-dealkylation sites (tertiary alicyclic amines) is 1. The molecule has 138 valence electrons. The number of ether oxygens (including phenoxy) is 2. The molecule has 4 nitrogen and oxygen atoms in total. The van der Waals surface area contributed by atoms with E-state index in [0.29, 0.717) is 13.2 Å². The van der Waals surface area contributed by atoms with Crippen molar-refractivity contribution in [3.63, 3.8) is 0 Å². The van der Waals surface area contributed by atoms with Crippen molar-refractivity contribution >= 4 is 0 Å². The molecule has 0 saturated carbocycles. The first-order valence-corrected chi connectivity index (χ1v) is 9.65. The van der Waals surface area contributed by atoms with Crippen LogP contribution in [-0.4, -0.2) is 47.8 Å². The Hall–Kier alpha value is -1.75. The third-order valence-electron chi connectivity index (χ3n) is 5.54. The van der Waals surface area contributed by atoms with Gasteiger partial charge in [-0.15, -0.1) is 0 Å². The molecule has 2 aliphatic heterocycles. The Morgan fingerprint density at radius 3 is 2.92 bits per heavy atom. The number of aromatic nitrogens is 1. The molecule has 2 aromatic rings. The van der Waals surface area contributed by atoms with Gasteiger partial charge in [0.05, 0.1) is 30.6 Å². The molecule has 1 aromatic carbocycles. The van der Waals surface area contributed by atoms with Crippen molar-refractivity contribution in [2.45, 2.75) is 44.5 Å². The van der Waals surface area contributed by atoms with Gasteiger partial charge in [0, 0.05) is 31.7 Å². The molecule has 2 fully saturated rings. The molecule has 1 spiro atoms. The molecule has 26 heavy (non-hydrogen) atoms. The highest BCUT2D eigenvalue weighted by Gasteiger charge is 2.45. The second-order valence-electron chi connectivity index (χ2n) is 7.66. The highest BCUT2D eigenvalue weighted by Crippen LogP contribution is 2.36. The number of nitrogens with zero attached hydrogens (tertiary/aromatic N) is 2. The van der Waals surface area contributed by atoms with Gasteiger partial charge in [-0.25, -0.2) is 0 Å². The van der Waals surface area contributed by atoms with Crippen LogP contribution in [0.25, 0.3) is 0 Å². The second-order valence-corrected chi connectivity index (χ2v) is 7.66. The maximum absolute atomic E-state index is 6.22. The molecular formula is C22H28N2O2. The highest BCUT2D eigenvalue weighted by atomic mass is 16.6. The van der Waals surface area contributed by atoms with E-state index >= 15 is 0 Å². The van der Waals surface area contributed by atoms with E-state index in [2.05, 4.69) is 40.2 Å². The van der Waals surface area contributed by atoms with Gasteiger partial charge in [-0.1, -0.05) is 36.4 Å². The van der Waals surface area contributed by atoms with Crippen molar-refractivity contribution in [1.82, 2.24) is 9.88 Å². The fourth-order valence-corrected chi connectivity index (χ4v) is 4.13. The zero-order valence-electron chi connectivity index (χ0n) is 15.6. The van der Waals surface area contributed by atoms with E-state index in [0.717, 1.165) is 50.3 Å². The molecule has 2 aliphatic rings. The summed E-state index contributed by atoms with van der Waals surface area (Å²) < 4.78 is 12.3. The fraction of sp³-hybridized carbons (Fsp3) is 0.500. The van der Waals surface area contributed by atoms with Gasteiger partial charge in [0.1, 0.15) is 0 Å². The van der Waals surface area contributed by atoms with E-state index < -0.39 is 0 Å². The number of rotatable bonds is 6. The van der Waals surface area contributed by atoms with Crippen molar-refractivity contribution in [2.24, 2.45) is 0 Å². The first-order valence-electron chi connectivity index (χ1n) is 9.65. The van der Waals surface area contributed by atoms with Crippen LogP contribution in [0.3, 0.4) is 0 Å². The van der Waals surface area contributed by atoms with E-state index in [4.69, 9.17) is 9.47 Å². The molecule has 0 bridgehead atoms. The summed E-state index contributed by atoms with van der Waals surface area (Å²) in [6.07, 6.45) is 3.41. The maximum atomic E-state index is 6.22. The smallest absolute Gasteiger partial charge is 0.0892 e. The largest absolute Gasteiger partial charge is 0.371 e. The Kier molecular flexibility index (Phi) is 5.34. The first kappa shape index (κ1) is 17.7. The number of aryl methyl sites for hydroxylation is 1. The van der Waals surface area contributed by atoms with E-state index in [1.54, 1.807) is 0 Å². The third kappa shape index (κ3) is 4.32. The summed E-state index contributed by atoms with van der Waals surface area (Å²) in [5, 5.41) is 0. The summed E-state index contributed by atoms with van der Waals surface area (Å²) in [4.78, 5) is 7.05. The Balaban J connectivity index is 1.24. The average molecular weight is 352 g/mol. The van der Waals surface area contributed by atoms with Crippen LogP contribution < -0.4 is 0 Å². The maximum Gasteiger partial charge on any atom is 0.0892 e. The average Bonchev–Trinajstić information content (AvgIpc) is 3.26. The molecule has 0 amide bonds. The monoisotopic (exact) mass is 352 g/mol. The van der Waals surface area contributed by atoms with Crippen LogP contribution in [0.4, 0.5) is 0 Å². The van der Waals surface area contributed by atoms with Crippen molar-refractivity contribution in [1.29, 1.82) is 0 Å². The predicted molar refractivity (Wildman–Crippen MR) is 102 cm³/mol. The molecule has 0 N–H and O–H groups in total. The minimum absolute atomic E-state index is 0.00138. The molecule has 3 heterocycles. The van der Waals surface area contributed by atoms with Gasteiger partial charge in [0.25, 0.3) is 0 Å². The van der Waals surface area contributed by atoms with E-state index in [9.17, 15) is 0 Å². The molecule has 4 rings (SSSR count). The van der Waals surface area contributed by atoms with Gasteiger partial charge in [-0.2, -0.15) is 0 Å². The van der Waals surface area contributed by atoms with Crippen LogP contribution in [0.1, 0.15) is 29.8 Å². The van der Waals surface area contributed by atoms with Crippen LogP contribution >= 0.6 is 0 Å². The Labute approximate surface area is 156 Å². The molecule has 0 aliphatic carbocycles. The van der Waals surface area contributed by atoms with E-state index in [1.807, 2.05) is 25.1 Å². The lowest BCUT2D eigenvalue weighted by Crippen LogP contribution is -2.34. The first-order chi connectivity index (χ1) is 12.7. The Bertz CT molecular complexity index is 721. The number of hydrogen-bond donors (Lipinski definition) is 0. The minimum atomic E-state index is 0.00138. The fourth-order valence-electron chi connectivity index (χ4n) is 4.13. The summed E-state index contributed by atoms with van der Waals surface area (Å²) in [5.41, 5.74) is 3.45. The Morgan fingerprint density at radius 1 is 1.19 bits per heavy atom. The quantitative estimate of drug-likeness (QED) is 0.798. The van der Waals surface area contributed by atoms with Crippen molar-refractivity contribution in [3.05, 3.63) is 65.5 Å². The number of hydrogen-bond acceptors (Lipinski definition) is 4. The summed E-state index contributed by atoms with van der Waals surface area (Å²) in [6.45, 7) is 6.55. The summed E-state index contributed by atoms with van der Waals surface area (Å²) >= 11 is 0. The topological polar surface area (TPSA) is 34.6 Å². The van der Waals surface area contributed by atoms with Crippen molar-refractivity contribution in [2.75, 3.05) is 26.2 Å². The number of pyridine rings is 1. The molecular weight excluding hydrogens is 324 g/mol. The van der Waals surface area contributed by atoms with Crippen LogP contribution in [0.5, 0.6) is 0 Å². The van der Waals surface area contributed by atoms with Gasteiger partial charge in [-0.3, -0.25) is 4.98 Å². The van der Waals surface area contributed by atoms with Gasteiger partial charge in [-0.05, 0) is 37.5 Å². The summed E-state index contributed by atoms with van der Waals surface area (Å²) in [6, 6.07) is 16.8. The molecule has 0 radical (unpaired) electrons. The van der Waals surface area contributed by atoms with Crippen LogP contribution in [0, 0.1) is 6.92 Å². The van der Waals surface area contributed by atoms with E-state index in [1.165, 1.54) is 5.56 Å². The number of benzene rings is 1. The third-order valence-corrected chi connectivity index (χ3v) is 5.54.